The monoisotopic (exact) mass is 474 g/mol. The summed E-state index contributed by atoms with van der Waals surface area (Å²) in [5.41, 5.74) is 1.80. The van der Waals surface area contributed by atoms with Gasteiger partial charge in [0, 0.05) is 23.6 Å². The minimum Gasteiger partial charge on any atom is -0.349 e. The van der Waals surface area contributed by atoms with Crippen molar-refractivity contribution in [1.29, 1.82) is 0 Å². The topological polar surface area (TPSA) is 93.0 Å². The lowest BCUT2D eigenvalue weighted by molar-refractivity contribution is -0.128. The summed E-state index contributed by atoms with van der Waals surface area (Å²) in [6.07, 6.45) is 3.83. The fourth-order valence-corrected chi connectivity index (χ4v) is 3.73. The third-order valence-corrected chi connectivity index (χ3v) is 5.95. The van der Waals surface area contributed by atoms with Crippen molar-refractivity contribution in [3.63, 3.8) is 0 Å². The van der Waals surface area contributed by atoms with Crippen LogP contribution in [0.3, 0.4) is 0 Å². The van der Waals surface area contributed by atoms with E-state index < -0.39 is 23.3 Å². The van der Waals surface area contributed by atoms with Crippen LogP contribution in [-0.4, -0.2) is 37.3 Å². The van der Waals surface area contributed by atoms with Crippen molar-refractivity contribution in [1.82, 2.24) is 25.3 Å². The average Bonchev–Trinajstić information content (AvgIpc) is 3.26. The molecule has 2 aromatic heterocycles. The second-order valence-electron chi connectivity index (χ2n) is 8.89. The molecule has 0 aliphatic rings. The number of fused-ring (bicyclic) bond motifs is 1. The Labute approximate surface area is 202 Å². The highest BCUT2D eigenvalue weighted by Gasteiger charge is 2.35. The number of pyridine rings is 1. The molecule has 9 heteroatoms. The van der Waals surface area contributed by atoms with E-state index in [2.05, 4.69) is 20.6 Å². The summed E-state index contributed by atoms with van der Waals surface area (Å²) < 4.78 is 15.3. The number of aromatic nitrogens is 4. The predicted octanol–water partition coefficient (Wildman–Crippen LogP) is 4.04. The first-order valence-corrected chi connectivity index (χ1v) is 11.4. The lowest BCUT2D eigenvalue weighted by atomic mass is 9.98. The molecule has 2 aromatic carbocycles. The number of carbonyl (C=O) groups is 2. The van der Waals surface area contributed by atoms with Crippen molar-refractivity contribution in [2.75, 3.05) is 4.90 Å². The van der Waals surface area contributed by atoms with Gasteiger partial charge >= 0.3 is 0 Å². The first kappa shape index (κ1) is 24.0. The number of hydrogen-bond donors (Lipinski definition) is 1. The van der Waals surface area contributed by atoms with Crippen LogP contribution >= 0.6 is 0 Å². The number of nitrogens with zero attached hydrogens (tertiary/aromatic N) is 5. The van der Waals surface area contributed by atoms with E-state index in [1.54, 1.807) is 30.6 Å². The highest BCUT2D eigenvalue weighted by atomic mass is 19.1. The summed E-state index contributed by atoms with van der Waals surface area (Å²) in [6.45, 7) is 5.64. The molecule has 0 fully saturated rings. The Bertz CT molecular complexity index is 1320. The van der Waals surface area contributed by atoms with Crippen LogP contribution in [0, 0.1) is 5.82 Å². The van der Waals surface area contributed by atoms with Gasteiger partial charge < -0.3 is 5.32 Å². The van der Waals surface area contributed by atoms with E-state index >= 15 is 0 Å². The van der Waals surface area contributed by atoms with E-state index in [4.69, 9.17) is 0 Å². The fourth-order valence-electron chi connectivity index (χ4n) is 3.73. The van der Waals surface area contributed by atoms with Gasteiger partial charge in [-0.05, 0) is 74.4 Å². The van der Waals surface area contributed by atoms with Crippen molar-refractivity contribution in [2.24, 2.45) is 0 Å². The Morgan fingerprint density at radius 2 is 1.74 bits per heavy atom. The molecule has 1 N–H and O–H groups in total. The summed E-state index contributed by atoms with van der Waals surface area (Å²) in [6, 6.07) is 15.2. The molecule has 1 atom stereocenters. The van der Waals surface area contributed by atoms with Gasteiger partial charge in [-0.2, -0.15) is 0 Å². The largest absolute Gasteiger partial charge is 0.349 e. The zero-order chi connectivity index (χ0) is 25.0. The second kappa shape index (κ2) is 10.0. The molecule has 0 aliphatic carbocycles. The standard InChI is InChI=1S/C26H27FN6O2/c1-4-26(2,3)29-25(35)24(18-13-15-28-16-14-18)33(20-11-9-19(27)10-12-20)23(34)17-32-22-8-6-5-7-21(22)30-31-32/h5-16,24H,4,17H2,1-3H3,(H,29,35). The molecule has 0 saturated carbocycles. The van der Waals surface area contributed by atoms with Gasteiger partial charge in [-0.1, -0.05) is 24.3 Å². The quantitative estimate of drug-likeness (QED) is 0.416. The van der Waals surface area contributed by atoms with Gasteiger partial charge in [0.05, 0.1) is 5.52 Å². The number of rotatable bonds is 8. The van der Waals surface area contributed by atoms with Gasteiger partial charge in [0.25, 0.3) is 0 Å². The van der Waals surface area contributed by atoms with Gasteiger partial charge in [-0.3, -0.25) is 19.5 Å². The SMILES string of the molecule is CCC(C)(C)NC(=O)C(c1ccncc1)N(C(=O)Cn1nnc2ccccc21)c1ccc(F)cc1. The van der Waals surface area contributed by atoms with E-state index in [1.807, 2.05) is 39.0 Å². The fraction of sp³-hybridized carbons (Fsp3) is 0.269. The second-order valence-corrected chi connectivity index (χ2v) is 8.89. The van der Waals surface area contributed by atoms with E-state index in [0.29, 0.717) is 28.7 Å². The summed E-state index contributed by atoms with van der Waals surface area (Å²) in [5, 5.41) is 11.3. The van der Waals surface area contributed by atoms with Gasteiger partial charge in [0.15, 0.2) is 0 Å². The first-order valence-electron chi connectivity index (χ1n) is 11.4. The lowest BCUT2D eigenvalue weighted by Crippen LogP contribution is -2.51. The number of benzene rings is 2. The number of carbonyl (C=O) groups excluding carboxylic acids is 2. The molecule has 0 aliphatic heterocycles. The van der Waals surface area contributed by atoms with E-state index in [1.165, 1.54) is 33.8 Å². The van der Waals surface area contributed by atoms with Crippen LogP contribution < -0.4 is 10.2 Å². The third kappa shape index (κ3) is 5.34. The van der Waals surface area contributed by atoms with Crippen molar-refractivity contribution in [3.8, 4) is 0 Å². The minimum absolute atomic E-state index is 0.163. The van der Waals surface area contributed by atoms with Crippen molar-refractivity contribution < 1.29 is 14.0 Å². The maximum atomic E-state index is 13.8. The van der Waals surface area contributed by atoms with Crippen molar-refractivity contribution in [3.05, 3.63) is 84.4 Å². The van der Waals surface area contributed by atoms with Crippen LogP contribution in [0.5, 0.6) is 0 Å². The molecule has 2 heterocycles. The van der Waals surface area contributed by atoms with Crippen LogP contribution in [0.4, 0.5) is 10.1 Å². The van der Waals surface area contributed by atoms with E-state index in [0.717, 1.165) is 0 Å². The van der Waals surface area contributed by atoms with Gasteiger partial charge in [0.1, 0.15) is 23.9 Å². The molecule has 8 nitrogen and oxygen atoms in total. The van der Waals surface area contributed by atoms with E-state index in [9.17, 15) is 14.0 Å². The highest BCUT2D eigenvalue weighted by molar-refractivity contribution is 6.01. The summed E-state index contributed by atoms with van der Waals surface area (Å²) in [7, 11) is 0. The van der Waals surface area contributed by atoms with E-state index in [-0.39, 0.29) is 12.5 Å². The average molecular weight is 475 g/mol. The maximum absolute atomic E-state index is 13.8. The Hall–Kier alpha value is -4.14. The molecule has 0 bridgehead atoms. The zero-order valence-corrected chi connectivity index (χ0v) is 19.9. The van der Waals surface area contributed by atoms with Gasteiger partial charge in [-0.25, -0.2) is 9.07 Å². The molecule has 0 spiro atoms. The van der Waals surface area contributed by atoms with Gasteiger partial charge in [-0.15, -0.1) is 5.10 Å². The number of halogens is 1. The van der Waals surface area contributed by atoms with Crippen LogP contribution in [0.15, 0.2) is 73.1 Å². The first-order chi connectivity index (χ1) is 16.8. The molecule has 4 aromatic rings. The summed E-state index contributed by atoms with van der Waals surface area (Å²) in [4.78, 5) is 33.0. The van der Waals surface area contributed by atoms with Crippen molar-refractivity contribution in [2.45, 2.75) is 45.3 Å². The van der Waals surface area contributed by atoms with Gasteiger partial charge in [0.2, 0.25) is 11.8 Å². The number of para-hydroxylation sites is 1. The minimum atomic E-state index is -1.02. The summed E-state index contributed by atoms with van der Waals surface area (Å²) >= 11 is 0. The number of hydrogen-bond acceptors (Lipinski definition) is 5. The maximum Gasteiger partial charge on any atom is 0.249 e. The Kier molecular flexibility index (Phi) is 6.86. The van der Waals surface area contributed by atoms with Crippen LogP contribution in [0.1, 0.15) is 38.8 Å². The zero-order valence-electron chi connectivity index (χ0n) is 19.9. The molecule has 0 radical (unpaired) electrons. The van der Waals surface area contributed by atoms with Crippen LogP contribution in [0.25, 0.3) is 11.0 Å². The molecule has 4 rings (SSSR count). The Morgan fingerprint density at radius 3 is 2.43 bits per heavy atom. The number of amides is 2. The Balaban J connectivity index is 1.79. The number of anilines is 1. The summed E-state index contributed by atoms with van der Waals surface area (Å²) in [5.74, 6) is -1.21. The number of nitrogens with one attached hydrogen (secondary N) is 1. The molecule has 35 heavy (non-hydrogen) atoms. The lowest BCUT2D eigenvalue weighted by Gasteiger charge is -2.34. The normalized spacial score (nSPS) is 12.3. The smallest absolute Gasteiger partial charge is 0.249 e. The molecule has 1 unspecified atom stereocenters. The molecule has 180 valence electrons. The van der Waals surface area contributed by atoms with Crippen LogP contribution in [0.2, 0.25) is 0 Å². The Morgan fingerprint density at radius 1 is 1.06 bits per heavy atom. The highest BCUT2D eigenvalue weighted by Crippen LogP contribution is 2.29. The molecule has 2 amide bonds. The predicted molar refractivity (Wildman–Crippen MR) is 131 cm³/mol. The molecular formula is C26H27FN6O2. The molecule has 0 saturated heterocycles. The molecular weight excluding hydrogens is 447 g/mol. The van der Waals surface area contributed by atoms with Crippen molar-refractivity contribution >= 4 is 28.5 Å². The third-order valence-electron chi connectivity index (χ3n) is 5.95. The van der Waals surface area contributed by atoms with Crippen LogP contribution in [-0.2, 0) is 16.1 Å².